The summed E-state index contributed by atoms with van der Waals surface area (Å²) in [6.45, 7) is 0.398. The quantitative estimate of drug-likeness (QED) is 0.911. The van der Waals surface area contributed by atoms with Crippen molar-refractivity contribution in [2.75, 3.05) is 0 Å². The van der Waals surface area contributed by atoms with Gasteiger partial charge >= 0.3 is 0 Å². The van der Waals surface area contributed by atoms with Crippen molar-refractivity contribution in [1.82, 2.24) is 9.97 Å². The molecule has 0 aliphatic rings. The molecule has 5 heteroatoms. The van der Waals surface area contributed by atoms with Crippen LogP contribution < -0.4 is 5.73 Å². The van der Waals surface area contributed by atoms with Crippen LogP contribution in [-0.4, -0.2) is 9.97 Å². The first-order valence-corrected chi connectivity index (χ1v) is 6.16. The summed E-state index contributed by atoms with van der Waals surface area (Å²) in [7, 11) is 0. The molecule has 3 N–H and O–H groups in total. The normalized spacial score (nSPS) is 10.8. The van der Waals surface area contributed by atoms with Crippen LogP contribution in [0.4, 0.5) is 4.39 Å². The van der Waals surface area contributed by atoms with Crippen molar-refractivity contribution in [1.29, 1.82) is 0 Å². The minimum atomic E-state index is -0.207. The van der Waals surface area contributed by atoms with Crippen molar-refractivity contribution in [2.45, 2.75) is 19.4 Å². The average molecular weight is 298 g/mol. The third kappa shape index (κ3) is 3.14. The number of aromatic nitrogens is 2. The largest absolute Gasteiger partial charge is 0.344 e. The number of halogens is 2. The predicted octanol–water partition coefficient (Wildman–Crippen LogP) is 2.56. The number of benzene rings is 1. The van der Waals surface area contributed by atoms with Crippen LogP contribution in [-0.2, 0) is 19.4 Å². The van der Waals surface area contributed by atoms with Crippen molar-refractivity contribution in [3.05, 3.63) is 51.8 Å². The molecule has 0 bridgehead atoms. The molecule has 1 aromatic heterocycles. The molecule has 0 atom stereocenters. The van der Waals surface area contributed by atoms with Crippen molar-refractivity contribution in [2.24, 2.45) is 5.73 Å². The minimum absolute atomic E-state index is 0.207. The number of hydrogen-bond acceptors (Lipinski definition) is 2. The van der Waals surface area contributed by atoms with Crippen molar-refractivity contribution in [3.8, 4) is 0 Å². The smallest absolute Gasteiger partial charge is 0.127 e. The lowest BCUT2D eigenvalue weighted by Crippen LogP contribution is -1.98. The highest BCUT2D eigenvalue weighted by Gasteiger charge is 2.06. The third-order valence-electron chi connectivity index (χ3n) is 2.55. The molecule has 1 aromatic carbocycles. The van der Waals surface area contributed by atoms with Gasteiger partial charge in [0.25, 0.3) is 0 Å². The number of nitrogens with zero attached hydrogens (tertiary/aromatic N) is 1. The highest BCUT2D eigenvalue weighted by molar-refractivity contribution is 9.10. The van der Waals surface area contributed by atoms with Crippen LogP contribution in [0.3, 0.4) is 0 Å². The standard InChI is InChI=1S/C12H13BrFN3/c13-12-10(16-11(7-15)17-12)6-3-8-1-4-9(14)5-2-8/h1-2,4-5H,3,6-7,15H2,(H,16,17). The minimum Gasteiger partial charge on any atom is -0.344 e. The third-order valence-corrected chi connectivity index (χ3v) is 3.20. The van der Waals surface area contributed by atoms with Gasteiger partial charge in [0.1, 0.15) is 16.2 Å². The number of H-pyrrole nitrogens is 1. The summed E-state index contributed by atoms with van der Waals surface area (Å²) in [6.07, 6.45) is 1.66. The molecule has 2 rings (SSSR count). The Morgan fingerprint density at radius 2 is 1.94 bits per heavy atom. The Kier molecular flexibility index (Phi) is 3.91. The van der Waals surface area contributed by atoms with Gasteiger partial charge in [-0.15, -0.1) is 0 Å². The van der Waals surface area contributed by atoms with E-state index in [4.69, 9.17) is 5.73 Å². The number of nitrogens with two attached hydrogens (primary N) is 1. The second kappa shape index (κ2) is 5.42. The van der Waals surface area contributed by atoms with E-state index in [9.17, 15) is 4.39 Å². The molecule has 90 valence electrons. The maximum Gasteiger partial charge on any atom is 0.127 e. The highest BCUT2D eigenvalue weighted by Crippen LogP contribution is 2.16. The van der Waals surface area contributed by atoms with E-state index in [1.165, 1.54) is 12.1 Å². The second-order valence-electron chi connectivity index (χ2n) is 3.78. The van der Waals surface area contributed by atoms with Crippen LogP contribution in [0.25, 0.3) is 0 Å². The summed E-state index contributed by atoms with van der Waals surface area (Å²) in [4.78, 5) is 7.39. The zero-order valence-electron chi connectivity index (χ0n) is 9.21. The van der Waals surface area contributed by atoms with Gasteiger partial charge in [-0.3, -0.25) is 0 Å². The van der Waals surface area contributed by atoms with Gasteiger partial charge in [0.05, 0.1) is 6.54 Å². The molecule has 0 saturated heterocycles. The van der Waals surface area contributed by atoms with Crippen LogP contribution in [0.5, 0.6) is 0 Å². The molecule has 0 aliphatic carbocycles. The average Bonchev–Trinajstić information content (AvgIpc) is 2.69. The predicted molar refractivity (Wildman–Crippen MR) is 68.0 cm³/mol. The molecule has 17 heavy (non-hydrogen) atoms. The van der Waals surface area contributed by atoms with Crippen LogP contribution >= 0.6 is 15.9 Å². The molecule has 0 radical (unpaired) electrons. The van der Waals surface area contributed by atoms with E-state index >= 15 is 0 Å². The lowest BCUT2D eigenvalue weighted by molar-refractivity contribution is 0.627. The lowest BCUT2D eigenvalue weighted by Gasteiger charge is -2.00. The molecule has 0 saturated carbocycles. The number of hydrogen-bond donors (Lipinski definition) is 2. The first-order valence-electron chi connectivity index (χ1n) is 5.37. The SMILES string of the molecule is NCc1nc(Br)c(CCc2ccc(F)cc2)[nH]1. The summed E-state index contributed by atoms with van der Waals surface area (Å²) in [5.41, 5.74) is 7.62. The second-order valence-corrected chi connectivity index (χ2v) is 4.53. The van der Waals surface area contributed by atoms with E-state index in [0.717, 1.165) is 34.5 Å². The first-order chi connectivity index (χ1) is 8.19. The monoisotopic (exact) mass is 297 g/mol. The maximum absolute atomic E-state index is 12.7. The molecule has 2 aromatic rings. The molecular formula is C12H13BrFN3. The Hall–Kier alpha value is -1.20. The molecule has 0 aliphatic heterocycles. The fourth-order valence-electron chi connectivity index (χ4n) is 1.62. The topological polar surface area (TPSA) is 54.7 Å². The molecule has 0 amide bonds. The zero-order chi connectivity index (χ0) is 12.3. The van der Waals surface area contributed by atoms with E-state index in [2.05, 4.69) is 25.9 Å². The van der Waals surface area contributed by atoms with Gasteiger partial charge in [0.15, 0.2) is 0 Å². The highest BCUT2D eigenvalue weighted by atomic mass is 79.9. The summed E-state index contributed by atoms with van der Waals surface area (Å²) in [6, 6.07) is 6.54. The molecule has 0 spiro atoms. The van der Waals surface area contributed by atoms with Crippen LogP contribution in [0.15, 0.2) is 28.9 Å². The van der Waals surface area contributed by atoms with Crippen molar-refractivity contribution in [3.63, 3.8) is 0 Å². The van der Waals surface area contributed by atoms with E-state index in [1.54, 1.807) is 12.1 Å². The summed E-state index contributed by atoms with van der Waals surface area (Å²) in [5, 5.41) is 0. The molecule has 0 fully saturated rings. The number of imidazole rings is 1. The van der Waals surface area contributed by atoms with E-state index in [-0.39, 0.29) is 5.82 Å². The fraction of sp³-hybridized carbons (Fsp3) is 0.250. The van der Waals surface area contributed by atoms with Gasteiger partial charge in [-0.1, -0.05) is 12.1 Å². The zero-order valence-corrected chi connectivity index (χ0v) is 10.8. The van der Waals surface area contributed by atoms with Crippen molar-refractivity contribution >= 4 is 15.9 Å². The maximum atomic E-state index is 12.7. The first kappa shape index (κ1) is 12.3. The summed E-state index contributed by atoms with van der Waals surface area (Å²) < 4.78 is 13.5. The van der Waals surface area contributed by atoms with Crippen LogP contribution in [0.2, 0.25) is 0 Å². The Balaban J connectivity index is 2.01. The number of rotatable bonds is 4. The Morgan fingerprint density at radius 1 is 1.24 bits per heavy atom. The summed E-state index contributed by atoms with van der Waals surface area (Å²) >= 11 is 3.39. The molecule has 3 nitrogen and oxygen atoms in total. The lowest BCUT2D eigenvalue weighted by atomic mass is 10.1. The van der Waals surface area contributed by atoms with E-state index in [1.807, 2.05) is 0 Å². The number of nitrogens with one attached hydrogen (secondary N) is 1. The van der Waals surface area contributed by atoms with E-state index < -0.39 is 0 Å². The van der Waals surface area contributed by atoms with Gasteiger partial charge in [0, 0.05) is 5.69 Å². The molecule has 0 unspecified atom stereocenters. The van der Waals surface area contributed by atoms with Gasteiger partial charge in [-0.25, -0.2) is 9.37 Å². The molecule has 1 heterocycles. The Labute approximate surface area is 107 Å². The van der Waals surface area contributed by atoms with Gasteiger partial charge in [-0.2, -0.15) is 0 Å². The van der Waals surface area contributed by atoms with Gasteiger partial charge in [-0.05, 0) is 46.5 Å². The number of aryl methyl sites for hydroxylation is 2. The Morgan fingerprint density at radius 3 is 2.53 bits per heavy atom. The van der Waals surface area contributed by atoms with Crippen molar-refractivity contribution < 1.29 is 4.39 Å². The fourth-order valence-corrected chi connectivity index (χ4v) is 2.13. The Bertz CT molecular complexity index is 493. The van der Waals surface area contributed by atoms with Gasteiger partial charge < -0.3 is 10.7 Å². The van der Waals surface area contributed by atoms with Crippen LogP contribution in [0, 0.1) is 5.82 Å². The molecular weight excluding hydrogens is 285 g/mol. The summed E-state index contributed by atoms with van der Waals surface area (Å²) in [5.74, 6) is 0.563. The van der Waals surface area contributed by atoms with E-state index in [0.29, 0.717) is 6.54 Å². The van der Waals surface area contributed by atoms with Crippen LogP contribution in [0.1, 0.15) is 17.1 Å². The van der Waals surface area contributed by atoms with Gasteiger partial charge in [0.2, 0.25) is 0 Å². The number of aromatic amines is 1.